The number of hydrogen-bond donors (Lipinski definition) is 2. The third-order valence-corrected chi connectivity index (χ3v) is 3.89. The molecule has 0 bridgehead atoms. The Labute approximate surface area is 126 Å². The van der Waals surface area contributed by atoms with E-state index < -0.39 is 6.04 Å². The number of benzene rings is 1. The van der Waals surface area contributed by atoms with Crippen LogP contribution in [0.25, 0.3) is 0 Å². The predicted octanol–water partition coefficient (Wildman–Crippen LogP) is 3.07. The van der Waals surface area contributed by atoms with Gasteiger partial charge in [0.2, 0.25) is 11.0 Å². The Morgan fingerprint density at radius 2 is 2.00 bits per heavy atom. The lowest BCUT2D eigenvalue weighted by atomic mass is 10.2. The first-order chi connectivity index (χ1) is 10.1. The quantitative estimate of drug-likeness (QED) is 0.860. The molecule has 0 fully saturated rings. The molecule has 5 nitrogen and oxygen atoms in total. The maximum Gasteiger partial charge on any atom is 0.248 e. The van der Waals surface area contributed by atoms with Crippen molar-refractivity contribution in [1.82, 2.24) is 10.2 Å². The smallest absolute Gasteiger partial charge is 0.248 e. The molecule has 1 aromatic heterocycles. The maximum atomic E-state index is 12.9. The molecule has 0 saturated carbocycles. The molecule has 0 aliphatic rings. The number of carbonyl (C=O) groups excluding carboxylic acids is 1. The standard InChI is InChI=1S/C14H17FN4OS/c1-3-11(16-10-7-5-9(15)6-8-10)13(20)17-14-19-18-12(4-2)21-14/h5-8,11,16H,3-4H2,1-2H3,(H,17,19,20)/t11-/m0/s1. The number of anilines is 2. The summed E-state index contributed by atoms with van der Waals surface area (Å²) in [5.41, 5.74) is 0.699. The first-order valence-corrected chi connectivity index (χ1v) is 7.59. The number of rotatable bonds is 6. The number of nitrogens with one attached hydrogen (secondary N) is 2. The van der Waals surface area contributed by atoms with Crippen molar-refractivity contribution < 1.29 is 9.18 Å². The molecule has 0 radical (unpaired) electrons. The SMILES string of the molecule is CCc1nnc(NC(=O)[C@H](CC)Nc2ccc(F)cc2)s1. The van der Waals surface area contributed by atoms with Crippen LogP contribution in [0.5, 0.6) is 0 Å². The summed E-state index contributed by atoms with van der Waals surface area (Å²) < 4.78 is 12.9. The second-order valence-electron chi connectivity index (χ2n) is 4.46. The highest BCUT2D eigenvalue weighted by molar-refractivity contribution is 7.15. The molecule has 1 heterocycles. The Morgan fingerprint density at radius 3 is 2.57 bits per heavy atom. The molecule has 2 aromatic rings. The van der Waals surface area contributed by atoms with E-state index in [1.165, 1.54) is 23.5 Å². The average Bonchev–Trinajstić information content (AvgIpc) is 2.94. The summed E-state index contributed by atoms with van der Waals surface area (Å²) in [6.07, 6.45) is 1.39. The summed E-state index contributed by atoms with van der Waals surface area (Å²) >= 11 is 1.37. The van der Waals surface area contributed by atoms with Crippen LogP contribution in [0.2, 0.25) is 0 Å². The van der Waals surface area contributed by atoms with Gasteiger partial charge in [-0.2, -0.15) is 0 Å². The minimum atomic E-state index is -0.413. The lowest BCUT2D eigenvalue weighted by molar-refractivity contribution is -0.117. The number of carbonyl (C=O) groups is 1. The van der Waals surface area contributed by atoms with E-state index in [9.17, 15) is 9.18 Å². The summed E-state index contributed by atoms with van der Waals surface area (Å²) in [6.45, 7) is 3.88. The zero-order valence-corrected chi connectivity index (χ0v) is 12.7. The van der Waals surface area contributed by atoms with E-state index in [0.29, 0.717) is 17.2 Å². The van der Waals surface area contributed by atoms with Crippen LogP contribution in [-0.4, -0.2) is 22.1 Å². The second-order valence-corrected chi connectivity index (χ2v) is 5.52. The van der Waals surface area contributed by atoms with Crippen LogP contribution < -0.4 is 10.6 Å². The second kappa shape index (κ2) is 7.12. The monoisotopic (exact) mass is 308 g/mol. The van der Waals surface area contributed by atoms with Crippen molar-refractivity contribution in [2.24, 2.45) is 0 Å². The van der Waals surface area contributed by atoms with Crippen molar-refractivity contribution in [2.45, 2.75) is 32.7 Å². The van der Waals surface area contributed by atoms with Gasteiger partial charge in [0.05, 0.1) is 0 Å². The molecule has 112 valence electrons. The minimum absolute atomic E-state index is 0.180. The van der Waals surface area contributed by atoms with Crippen LogP contribution in [0.3, 0.4) is 0 Å². The van der Waals surface area contributed by atoms with Gasteiger partial charge in [-0.3, -0.25) is 10.1 Å². The molecular weight excluding hydrogens is 291 g/mol. The third kappa shape index (κ3) is 4.22. The van der Waals surface area contributed by atoms with Crippen LogP contribution in [0.15, 0.2) is 24.3 Å². The van der Waals surface area contributed by atoms with Gasteiger partial charge in [-0.05, 0) is 37.1 Å². The highest BCUT2D eigenvalue weighted by atomic mass is 32.1. The minimum Gasteiger partial charge on any atom is -0.374 e. The molecule has 1 amide bonds. The van der Waals surface area contributed by atoms with Crippen molar-refractivity contribution in [2.75, 3.05) is 10.6 Å². The summed E-state index contributed by atoms with van der Waals surface area (Å²) in [5.74, 6) is -0.486. The van der Waals surface area contributed by atoms with Crippen molar-refractivity contribution in [3.05, 3.63) is 35.1 Å². The van der Waals surface area contributed by atoms with Gasteiger partial charge in [0.25, 0.3) is 0 Å². The zero-order chi connectivity index (χ0) is 15.2. The fraction of sp³-hybridized carbons (Fsp3) is 0.357. The van der Waals surface area contributed by atoms with Crippen molar-refractivity contribution in [3.8, 4) is 0 Å². The molecule has 0 unspecified atom stereocenters. The topological polar surface area (TPSA) is 66.9 Å². The zero-order valence-electron chi connectivity index (χ0n) is 11.9. The number of aromatic nitrogens is 2. The van der Waals surface area contributed by atoms with Crippen molar-refractivity contribution in [1.29, 1.82) is 0 Å². The molecule has 0 aliphatic carbocycles. The first-order valence-electron chi connectivity index (χ1n) is 6.77. The number of nitrogens with zero attached hydrogens (tertiary/aromatic N) is 2. The van der Waals surface area contributed by atoms with Crippen LogP contribution >= 0.6 is 11.3 Å². The van der Waals surface area contributed by atoms with Gasteiger partial charge in [-0.15, -0.1) is 10.2 Å². The van der Waals surface area contributed by atoms with Gasteiger partial charge in [0, 0.05) is 5.69 Å². The number of hydrogen-bond acceptors (Lipinski definition) is 5. The fourth-order valence-electron chi connectivity index (χ4n) is 1.74. The van der Waals surface area contributed by atoms with Gasteiger partial charge in [0.15, 0.2) is 0 Å². The molecule has 0 spiro atoms. The fourth-order valence-corrected chi connectivity index (χ4v) is 2.42. The van der Waals surface area contributed by atoms with E-state index in [1.807, 2.05) is 13.8 Å². The van der Waals surface area contributed by atoms with E-state index in [1.54, 1.807) is 12.1 Å². The number of amides is 1. The maximum absolute atomic E-state index is 12.9. The molecule has 1 aromatic carbocycles. The Bertz CT molecular complexity index is 599. The predicted molar refractivity (Wildman–Crippen MR) is 82.0 cm³/mol. The Kier molecular flexibility index (Phi) is 5.21. The van der Waals surface area contributed by atoms with E-state index >= 15 is 0 Å². The van der Waals surface area contributed by atoms with E-state index in [0.717, 1.165) is 11.4 Å². The molecule has 2 rings (SSSR count). The van der Waals surface area contributed by atoms with E-state index in [2.05, 4.69) is 20.8 Å². The average molecular weight is 308 g/mol. The normalized spacial score (nSPS) is 12.0. The van der Waals surface area contributed by atoms with Gasteiger partial charge < -0.3 is 5.32 Å². The summed E-state index contributed by atoms with van der Waals surface area (Å²) in [7, 11) is 0. The molecule has 1 atom stereocenters. The largest absolute Gasteiger partial charge is 0.374 e. The van der Waals surface area contributed by atoms with Gasteiger partial charge in [-0.25, -0.2) is 4.39 Å². The van der Waals surface area contributed by atoms with E-state index in [-0.39, 0.29) is 11.7 Å². The summed E-state index contributed by atoms with van der Waals surface area (Å²) in [4.78, 5) is 12.2. The lowest BCUT2D eigenvalue weighted by Crippen LogP contribution is -2.34. The van der Waals surface area contributed by atoms with Crippen LogP contribution in [0.1, 0.15) is 25.3 Å². The first kappa shape index (κ1) is 15.4. The Balaban J connectivity index is 1.99. The molecule has 0 aliphatic heterocycles. The van der Waals surface area contributed by atoms with E-state index in [4.69, 9.17) is 0 Å². The summed E-state index contributed by atoms with van der Waals surface area (Å²) in [5, 5.41) is 15.1. The molecule has 0 saturated heterocycles. The van der Waals surface area contributed by atoms with Gasteiger partial charge in [-0.1, -0.05) is 25.2 Å². The summed E-state index contributed by atoms with van der Waals surface area (Å²) in [6, 6.07) is 5.50. The van der Waals surface area contributed by atoms with Crippen molar-refractivity contribution in [3.63, 3.8) is 0 Å². The van der Waals surface area contributed by atoms with Crippen LogP contribution in [-0.2, 0) is 11.2 Å². The third-order valence-electron chi connectivity index (χ3n) is 2.91. The van der Waals surface area contributed by atoms with Gasteiger partial charge in [0.1, 0.15) is 16.9 Å². The molecule has 21 heavy (non-hydrogen) atoms. The molecule has 7 heteroatoms. The van der Waals surface area contributed by atoms with Crippen LogP contribution in [0, 0.1) is 5.82 Å². The van der Waals surface area contributed by atoms with Crippen molar-refractivity contribution >= 4 is 28.1 Å². The Morgan fingerprint density at radius 1 is 1.29 bits per heavy atom. The number of aryl methyl sites for hydroxylation is 1. The lowest BCUT2D eigenvalue weighted by Gasteiger charge is -2.16. The van der Waals surface area contributed by atoms with Gasteiger partial charge >= 0.3 is 0 Å². The number of halogens is 1. The molecular formula is C14H17FN4OS. The Hall–Kier alpha value is -2.02. The van der Waals surface area contributed by atoms with Crippen LogP contribution in [0.4, 0.5) is 15.2 Å². The highest BCUT2D eigenvalue weighted by Crippen LogP contribution is 2.17. The molecule has 2 N–H and O–H groups in total. The highest BCUT2D eigenvalue weighted by Gasteiger charge is 2.18.